The average molecular weight is 447 g/mol. The first-order valence-electron chi connectivity index (χ1n) is 7.39. The maximum atomic E-state index is 11.9. The Kier molecular flexibility index (Phi) is 5.55. The molecule has 1 aromatic carbocycles. The van der Waals surface area contributed by atoms with E-state index in [0.29, 0.717) is 22.8 Å². The van der Waals surface area contributed by atoms with Gasteiger partial charge in [0.15, 0.2) is 12.4 Å². The van der Waals surface area contributed by atoms with E-state index in [4.69, 9.17) is 21.1 Å². The van der Waals surface area contributed by atoms with Gasteiger partial charge >= 0.3 is 0 Å². The molecule has 1 unspecified atom stereocenters. The van der Waals surface area contributed by atoms with Gasteiger partial charge in [0.1, 0.15) is 5.52 Å². The molecule has 1 fully saturated rings. The van der Waals surface area contributed by atoms with Crippen molar-refractivity contribution >= 4 is 51.0 Å². The van der Waals surface area contributed by atoms with Crippen LogP contribution in [0.1, 0.15) is 12.8 Å². The summed E-state index contributed by atoms with van der Waals surface area (Å²) in [6.45, 7) is 1.24. The topological polar surface area (TPSA) is 60.5 Å². The Morgan fingerprint density at radius 3 is 3.22 bits per heavy atom. The summed E-state index contributed by atoms with van der Waals surface area (Å²) in [4.78, 5) is 16.3. The van der Waals surface area contributed by atoms with E-state index in [-0.39, 0.29) is 18.6 Å². The molecule has 1 amide bonds. The van der Waals surface area contributed by atoms with Gasteiger partial charge in [0.2, 0.25) is 0 Å². The van der Waals surface area contributed by atoms with E-state index in [2.05, 4.69) is 32.9 Å². The fraction of sp³-hybridized carbons (Fsp3) is 0.375. The number of fused-ring (bicyclic) bond motifs is 1. The van der Waals surface area contributed by atoms with Crippen LogP contribution in [-0.2, 0) is 9.53 Å². The zero-order valence-corrected chi connectivity index (χ0v) is 15.3. The number of pyridine rings is 1. The van der Waals surface area contributed by atoms with Crippen molar-refractivity contribution in [2.24, 2.45) is 0 Å². The number of rotatable bonds is 5. The third-order valence-electron chi connectivity index (χ3n) is 3.65. The van der Waals surface area contributed by atoms with Gasteiger partial charge in [-0.05, 0) is 53.6 Å². The molecule has 1 aliphatic rings. The molecule has 2 aromatic rings. The van der Waals surface area contributed by atoms with Gasteiger partial charge in [-0.3, -0.25) is 9.78 Å². The maximum Gasteiger partial charge on any atom is 0.258 e. The lowest BCUT2D eigenvalue weighted by atomic mass is 10.2. The van der Waals surface area contributed by atoms with E-state index in [9.17, 15) is 4.79 Å². The Morgan fingerprint density at radius 1 is 1.57 bits per heavy atom. The molecule has 122 valence electrons. The zero-order valence-electron chi connectivity index (χ0n) is 12.4. The molecule has 0 bridgehead atoms. The minimum atomic E-state index is -0.171. The molecule has 1 N–H and O–H groups in total. The van der Waals surface area contributed by atoms with E-state index in [0.717, 1.165) is 28.4 Å². The van der Waals surface area contributed by atoms with E-state index in [1.807, 2.05) is 18.2 Å². The van der Waals surface area contributed by atoms with Crippen LogP contribution in [0.3, 0.4) is 0 Å². The molecule has 2 heterocycles. The highest BCUT2D eigenvalue weighted by atomic mass is 127. The lowest BCUT2D eigenvalue weighted by Crippen LogP contribution is -2.35. The molecule has 0 aliphatic carbocycles. The molecule has 23 heavy (non-hydrogen) atoms. The largest absolute Gasteiger partial charge is 0.480 e. The number of benzene rings is 1. The Morgan fingerprint density at radius 2 is 2.43 bits per heavy atom. The number of hydrogen-bond donors (Lipinski definition) is 1. The van der Waals surface area contributed by atoms with Gasteiger partial charge in [-0.2, -0.15) is 0 Å². The molecule has 1 aliphatic heterocycles. The van der Waals surface area contributed by atoms with Crippen LogP contribution >= 0.6 is 34.2 Å². The molecule has 5 nitrogen and oxygen atoms in total. The fourth-order valence-electron chi connectivity index (χ4n) is 2.51. The standard InChI is InChI=1S/C16H16ClIN2O3/c17-12-7-13(18)16(15-11(12)4-1-5-19-15)23-9-14(21)20-8-10-3-2-6-22-10/h1,4-5,7,10H,2-3,6,8-9H2,(H,20,21). The van der Waals surface area contributed by atoms with Crippen molar-refractivity contribution in [3.05, 3.63) is 33.0 Å². The van der Waals surface area contributed by atoms with E-state index >= 15 is 0 Å². The third-order valence-corrected chi connectivity index (χ3v) is 4.76. The zero-order chi connectivity index (χ0) is 16.2. The second kappa shape index (κ2) is 7.63. The quantitative estimate of drug-likeness (QED) is 0.717. The summed E-state index contributed by atoms with van der Waals surface area (Å²) in [6.07, 6.45) is 3.85. The number of hydrogen-bond acceptors (Lipinski definition) is 4. The molecule has 0 spiro atoms. The van der Waals surface area contributed by atoms with E-state index in [1.165, 1.54) is 0 Å². The number of halogens is 2. The van der Waals surface area contributed by atoms with Crippen LogP contribution in [0.15, 0.2) is 24.4 Å². The van der Waals surface area contributed by atoms with Crippen molar-refractivity contribution < 1.29 is 14.3 Å². The predicted octanol–water partition coefficient (Wildman–Crippen LogP) is 3.17. The molecule has 0 saturated carbocycles. The summed E-state index contributed by atoms with van der Waals surface area (Å²) in [5.41, 5.74) is 0.663. The molecule has 0 radical (unpaired) electrons. The summed E-state index contributed by atoms with van der Waals surface area (Å²) in [5.74, 6) is 0.410. The molecule has 1 atom stereocenters. The molecular formula is C16H16ClIN2O3. The van der Waals surface area contributed by atoms with Gasteiger partial charge in [-0.15, -0.1) is 0 Å². The van der Waals surface area contributed by atoms with Crippen LogP contribution in [0.2, 0.25) is 5.02 Å². The normalized spacial score (nSPS) is 17.4. The van der Waals surface area contributed by atoms with Crippen LogP contribution in [0, 0.1) is 3.57 Å². The number of amides is 1. The first-order valence-corrected chi connectivity index (χ1v) is 8.84. The fourth-order valence-corrected chi connectivity index (χ4v) is 3.67. The summed E-state index contributed by atoms with van der Waals surface area (Å²) >= 11 is 8.36. The Labute approximate surface area is 152 Å². The molecule has 3 rings (SSSR count). The highest BCUT2D eigenvalue weighted by Crippen LogP contribution is 2.34. The van der Waals surface area contributed by atoms with Gasteiger partial charge in [0, 0.05) is 24.7 Å². The molecule has 7 heteroatoms. The van der Waals surface area contributed by atoms with Crippen LogP contribution < -0.4 is 10.1 Å². The van der Waals surface area contributed by atoms with Crippen LogP contribution in [-0.4, -0.2) is 36.8 Å². The maximum absolute atomic E-state index is 11.9. The Hall–Kier alpha value is -1.12. The van der Waals surface area contributed by atoms with Gasteiger partial charge in [-0.25, -0.2) is 0 Å². The first kappa shape index (κ1) is 16.7. The smallest absolute Gasteiger partial charge is 0.258 e. The number of carbonyl (C=O) groups is 1. The monoisotopic (exact) mass is 446 g/mol. The Bertz CT molecular complexity index is 720. The van der Waals surface area contributed by atoms with Crippen molar-refractivity contribution in [3.8, 4) is 5.75 Å². The Balaban J connectivity index is 1.65. The van der Waals surface area contributed by atoms with Crippen molar-refractivity contribution in [2.75, 3.05) is 19.8 Å². The number of ether oxygens (including phenoxy) is 2. The highest BCUT2D eigenvalue weighted by molar-refractivity contribution is 14.1. The van der Waals surface area contributed by atoms with Crippen LogP contribution in [0.25, 0.3) is 10.9 Å². The number of aromatic nitrogens is 1. The SMILES string of the molecule is O=C(COc1c(I)cc(Cl)c2cccnc12)NCC1CCCO1. The van der Waals surface area contributed by atoms with Crippen molar-refractivity contribution in [1.29, 1.82) is 0 Å². The molecular weight excluding hydrogens is 431 g/mol. The number of nitrogens with one attached hydrogen (secondary N) is 1. The van der Waals surface area contributed by atoms with Crippen LogP contribution in [0.5, 0.6) is 5.75 Å². The van der Waals surface area contributed by atoms with Crippen molar-refractivity contribution in [2.45, 2.75) is 18.9 Å². The van der Waals surface area contributed by atoms with Gasteiger partial charge in [-0.1, -0.05) is 11.6 Å². The second-order valence-electron chi connectivity index (χ2n) is 5.30. The van der Waals surface area contributed by atoms with Gasteiger partial charge in [0.25, 0.3) is 5.91 Å². The lowest BCUT2D eigenvalue weighted by Gasteiger charge is -2.13. The van der Waals surface area contributed by atoms with Crippen molar-refractivity contribution in [3.63, 3.8) is 0 Å². The van der Waals surface area contributed by atoms with Crippen LogP contribution in [0.4, 0.5) is 0 Å². The summed E-state index contributed by atoms with van der Waals surface area (Å²) in [7, 11) is 0. The highest BCUT2D eigenvalue weighted by Gasteiger charge is 2.17. The molecule has 1 aromatic heterocycles. The number of carbonyl (C=O) groups excluding carboxylic acids is 1. The van der Waals surface area contributed by atoms with Gasteiger partial charge < -0.3 is 14.8 Å². The van der Waals surface area contributed by atoms with Crippen molar-refractivity contribution in [1.82, 2.24) is 10.3 Å². The first-order chi connectivity index (χ1) is 11.1. The minimum absolute atomic E-state index is 0.0595. The van der Waals surface area contributed by atoms with Gasteiger partial charge in [0.05, 0.1) is 14.7 Å². The number of nitrogens with zero attached hydrogens (tertiary/aromatic N) is 1. The minimum Gasteiger partial charge on any atom is -0.480 e. The third kappa shape index (κ3) is 4.05. The van der Waals surface area contributed by atoms with E-state index < -0.39 is 0 Å². The average Bonchev–Trinajstić information content (AvgIpc) is 3.06. The summed E-state index contributed by atoms with van der Waals surface area (Å²) < 4.78 is 12.0. The predicted molar refractivity (Wildman–Crippen MR) is 96.9 cm³/mol. The second-order valence-corrected chi connectivity index (χ2v) is 6.87. The summed E-state index contributed by atoms with van der Waals surface area (Å²) in [6, 6.07) is 5.51. The lowest BCUT2D eigenvalue weighted by molar-refractivity contribution is -0.123. The molecule has 1 saturated heterocycles. The van der Waals surface area contributed by atoms with E-state index in [1.54, 1.807) is 6.20 Å². The summed E-state index contributed by atoms with van der Waals surface area (Å²) in [5, 5.41) is 4.26.